The van der Waals surface area contributed by atoms with Gasteiger partial charge in [0.1, 0.15) is 0 Å². The molecule has 1 heterocycles. The summed E-state index contributed by atoms with van der Waals surface area (Å²) in [6.45, 7) is 6.44. The van der Waals surface area contributed by atoms with Crippen LogP contribution in [0, 0.1) is 0 Å². The van der Waals surface area contributed by atoms with Crippen molar-refractivity contribution in [3.8, 4) is 0 Å². The molecule has 120 valence electrons. The highest BCUT2D eigenvalue weighted by Gasteiger charge is 2.24. The topological polar surface area (TPSA) is 52.7 Å². The van der Waals surface area contributed by atoms with Gasteiger partial charge in [0.05, 0.1) is 0 Å². The molecule has 1 aromatic rings. The van der Waals surface area contributed by atoms with Crippen molar-refractivity contribution < 1.29 is 9.59 Å². The van der Waals surface area contributed by atoms with Crippen LogP contribution >= 0.6 is 11.6 Å². The van der Waals surface area contributed by atoms with Crippen LogP contribution in [0.4, 0.5) is 0 Å². The van der Waals surface area contributed by atoms with Gasteiger partial charge in [0.15, 0.2) is 0 Å². The normalized spacial score (nSPS) is 15.6. The molecular formula is C16H22ClN3O2. The van der Waals surface area contributed by atoms with Gasteiger partial charge in [0, 0.05) is 37.7 Å². The Hall–Kier alpha value is -1.59. The average molecular weight is 324 g/mol. The number of benzene rings is 1. The van der Waals surface area contributed by atoms with Crippen LogP contribution in [0.25, 0.3) is 0 Å². The van der Waals surface area contributed by atoms with Crippen LogP contribution in [0.1, 0.15) is 12.5 Å². The van der Waals surface area contributed by atoms with Crippen LogP contribution in [0.5, 0.6) is 0 Å². The van der Waals surface area contributed by atoms with Crippen LogP contribution in [0.3, 0.4) is 0 Å². The number of halogens is 1. The molecule has 2 rings (SSSR count). The van der Waals surface area contributed by atoms with Gasteiger partial charge in [-0.3, -0.25) is 9.59 Å². The summed E-state index contributed by atoms with van der Waals surface area (Å²) in [5.41, 5.74) is 1.08. The van der Waals surface area contributed by atoms with Crippen LogP contribution in [-0.4, -0.2) is 60.9 Å². The number of piperazine rings is 1. The van der Waals surface area contributed by atoms with Crippen molar-refractivity contribution in [2.45, 2.75) is 13.3 Å². The first-order chi connectivity index (χ1) is 10.6. The van der Waals surface area contributed by atoms with E-state index in [1.54, 1.807) is 4.90 Å². The maximum absolute atomic E-state index is 12.1. The van der Waals surface area contributed by atoms with E-state index in [9.17, 15) is 9.59 Å². The number of carbonyl (C=O) groups is 2. The van der Waals surface area contributed by atoms with Crippen LogP contribution < -0.4 is 5.32 Å². The number of hydrogen-bond acceptors (Lipinski definition) is 3. The Morgan fingerprint density at radius 3 is 2.36 bits per heavy atom. The largest absolute Gasteiger partial charge is 0.347 e. The number of likely N-dealkylation sites (N-methyl/N-ethyl adjacent to an activating group) is 1. The van der Waals surface area contributed by atoms with E-state index in [4.69, 9.17) is 11.6 Å². The molecule has 1 saturated heterocycles. The fraction of sp³-hybridized carbons (Fsp3) is 0.500. The second-order valence-electron chi connectivity index (χ2n) is 5.36. The number of rotatable bonds is 4. The molecule has 1 N–H and O–H groups in total. The zero-order valence-corrected chi connectivity index (χ0v) is 13.6. The van der Waals surface area contributed by atoms with Gasteiger partial charge in [0.2, 0.25) is 0 Å². The van der Waals surface area contributed by atoms with E-state index in [1.807, 2.05) is 24.3 Å². The minimum Gasteiger partial charge on any atom is -0.347 e. The van der Waals surface area contributed by atoms with Crippen LogP contribution in [-0.2, 0) is 16.0 Å². The molecule has 0 spiro atoms. The van der Waals surface area contributed by atoms with E-state index in [2.05, 4.69) is 17.1 Å². The minimum absolute atomic E-state index is 0.424. The second kappa shape index (κ2) is 8.15. The fourth-order valence-corrected chi connectivity index (χ4v) is 2.58. The third-order valence-electron chi connectivity index (χ3n) is 3.91. The molecule has 0 bridgehead atoms. The highest BCUT2D eigenvalue weighted by Crippen LogP contribution is 2.09. The molecule has 0 aromatic heterocycles. The standard InChI is InChI=1S/C16H22ClN3O2/c1-2-19-9-11-20(12-10-19)16(22)15(21)18-8-7-13-3-5-14(17)6-4-13/h3-6H,2,7-12H2,1H3,(H,18,21). The predicted octanol–water partition coefficient (Wildman–Crippen LogP) is 1.16. The SMILES string of the molecule is CCN1CCN(C(=O)C(=O)NCCc2ccc(Cl)cc2)CC1. The molecule has 1 aliphatic heterocycles. The molecule has 5 nitrogen and oxygen atoms in total. The number of nitrogens with one attached hydrogen (secondary N) is 1. The Balaban J connectivity index is 1.72. The zero-order chi connectivity index (χ0) is 15.9. The predicted molar refractivity (Wildman–Crippen MR) is 86.9 cm³/mol. The van der Waals surface area contributed by atoms with E-state index < -0.39 is 11.8 Å². The lowest BCUT2D eigenvalue weighted by molar-refractivity contribution is -0.146. The van der Waals surface area contributed by atoms with Crippen molar-refractivity contribution in [1.82, 2.24) is 15.1 Å². The van der Waals surface area contributed by atoms with E-state index in [1.165, 1.54) is 0 Å². The quantitative estimate of drug-likeness (QED) is 0.846. The molecule has 1 aliphatic rings. The summed E-state index contributed by atoms with van der Waals surface area (Å²) in [4.78, 5) is 27.9. The lowest BCUT2D eigenvalue weighted by Gasteiger charge is -2.33. The summed E-state index contributed by atoms with van der Waals surface area (Å²) in [6.07, 6.45) is 0.680. The van der Waals surface area contributed by atoms with E-state index >= 15 is 0 Å². The lowest BCUT2D eigenvalue weighted by Crippen LogP contribution is -2.52. The molecule has 1 aromatic carbocycles. The number of hydrogen-bond donors (Lipinski definition) is 1. The van der Waals surface area contributed by atoms with E-state index in [-0.39, 0.29) is 0 Å². The Morgan fingerprint density at radius 2 is 1.77 bits per heavy atom. The molecular weight excluding hydrogens is 302 g/mol. The molecule has 0 unspecified atom stereocenters. The van der Waals surface area contributed by atoms with Crippen LogP contribution in [0.2, 0.25) is 5.02 Å². The van der Waals surface area contributed by atoms with Crippen molar-refractivity contribution in [3.05, 3.63) is 34.9 Å². The number of nitrogens with zero attached hydrogens (tertiary/aromatic N) is 2. The second-order valence-corrected chi connectivity index (χ2v) is 5.80. The summed E-state index contributed by atoms with van der Waals surface area (Å²) < 4.78 is 0. The Morgan fingerprint density at radius 1 is 1.14 bits per heavy atom. The summed E-state index contributed by atoms with van der Waals surface area (Å²) in [5.74, 6) is -0.939. The van der Waals surface area contributed by atoms with Gasteiger partial charge < -0.3 is 15.1 Å². The first-order valence-electron chi connectivity index (χ1n) is 7.64. The van der Waals surface area contributed by atoms with Crippen molar-refractivity contribution in [2.24, 2.45) is 0 Å². The van der Waals surface area contributed by atoms with Crippen molar-refractivity contribution >= 4 is 23.4 Å². The van der Waals surface area contributed by atoms with Crippen molar-refractivity contribution in [3.63, 3.8) is 0 Å². The fourth-order valence-electron chi connectivity index (χ4n) is 2.46. The smallest absolute Gasteiger partial charge is 0.311 e. The molecule has 22 heavy (non-hydrogen) atoms. The molecule has 0 radical (unpaired) electrons. The average Bonchev–Trinajstić information content (AvgIpc) is 2.56. The van der Waals surface area contributed by atoms with E-state index in [0.717, 1.165) is 25.2 Å². The van der Waals surface area contributed by atoms with Gasteiger partial charge in [-0.25, -0.2) is 0 Å². The van der Waals surface area contributed by atoms with Gasteiger partial charge >= 0.3 is 11.8 Å². The van der Waals surface area contributed by atoms with E-state index in [0.29, 0.717) is 31.1 Å². The zero-order valence-electron chi connectivity index (χ0n) is 12.8. The lowest BCUT2D eigenvalue weighted by atomic mass is 10.1. The van der Waals surface area contributed by atoms with Gasteiger partial charge in [0.25, 0.3) is 0 Å². The molecule has 0 saturated carbocycles. The third kappa shape index (κ3) is 4.71. The van der Waals surface area contributed by atoms with Gasteiger partial charge in [-0.1, -0.05) is 30.7 Å². The monoisotopic (exact) mass is 323 g/mol. The van der Waals surface area contributed by atoms with Gasteiger partial charge in [-0.05, 0) is 30.7 Å². The van der Waals surface area contributed by atoms with Crippen molar-refractivity contribution in [2.75, 3.05) is 39.3 Å². The van der Waals surface area contributed by atoms with Gasteiger partial charge in [-0.15, -0.1) is 0 Å². The maximum atomic E-state index is 12.1. The number of amides is 2. The minimum atomic E-state index is -0.515. The first-order valence-corrected chi connectivity index (χ1v) is 8.02. The molecule has 2 amide bonds. The third-order valence-corrected chi connectivity index (χ3v) is 4.17. The Bertz CT molecular complexity index is 511. The Labute approximate surface area is 136 Å². The number of carbonyl (C=O) groups excluding carboxylic acids is 2. The summed E-state index contributed by atoms with van der Waals surface area (Å²) >= 11 is 5.82. The summed E-state index contributed by atoms with van der Waals surface area (Å²) in [7, 11) is 0. The summed E-state index contributed by atoms with van der Waals surface area (Å²) in [6, 6.07) is 7.47. The molecule has 0 atom stereocenters. The van der Waals surface area contributed by atoms with Gasteiger partial charge in [-0.2, -0.15) is 0 Å². The molecule has 6 heteroatoms. The molecule has 0 aliphatic carbocycles. The van der Waals surface area contributed by atoms with Crippen LogP contribution in [0.15, 0.2) is 24.3 Å². The summed E-state index contributed by atoms with van der Waals surface area (Å²) in [5, 5.41) is 3.38. The maximum Gasteiger partial charge on any atom is 0.311 e. The first kappa shape index (κ1) is 16.8. The molecule has 1 fully saturated rings. The van der Waals surface area contributed by atoms with Crippen molar-refractivity contribution in [1.29, 1.82) is 0 Å². The highest BCUT2D eigenvalue weighted by molar-refractivity contribution is 6.35. The Kier molecular flexibility index (Phi) is 6.21. The highest BCUT2D eigenvalue weighted by atomic mass is 35.5.